The van der Waals surface area contributed by atoms with E-state index in [2.05, 4.69) is 92.8 Å². The second-order valence-corrected chi connectivity index (χ2v) is 6.57. The van der Waals surface area contributed by atoms with Crippen LogP contribution in [0.2, 0.25) is 0 Å². The normalized spacial score (nSPS) is 10.0. The summed E-state index contributed by atoms with van der Waals surface area (Å²) in [5.41, 5.74) is 9.32. The molecule has 1 N–H and O–H groups in total. The Kier molecular flexibility index (Phi) is 7.47. The zero-order chi connectivity index (χ0) is 18.9. The number of anilines is 1. The van der Waals surface area contributed by atoms with Crippen molar-refractivity contribution in [1.29, 1.82) is 0 Å². The summed E-state index contributed by atoms with van der Waals surface area (Å²) >= 11 is 0. The van der Waals surface area contributed by atoms with E-state index in [9.17, 15) is 0 Å². The maximum absolute atomic E-state index is 3.53. The van der Waals surface area contributed by atoms with E-state index in [1.165, 1.54) is 39.1 Å². The van der Waals surface area contributed by atoms with E-state index in [-0.39, 0.29) is 0 Å². The Morgan fingerprint density at radius 2 is 1.19 bits per heavy atom. The van der Waals surface area contributed by atoms with Crippen LogP contribution in [-0.4, -0.2) is 0 Å². The van der Waals surface area contributed by atoms with Crippen LogP contribution in [0.15, 0.2) is 66.7 Å². The maximum atomic E-state index is 3.53. The minimum atomic E-state index is 0.861. The molecule has 1 nitrogen and oxygen atoms in total. The van der Waals surface area contributed by atoms with Gasteiger partial charge in [0.25, 0.3) is 0 Å². The maximum Gasteiger partial charge on any atom is 0.0400 e. The van der Waals surface area contributed by atoms with Gasteiger partial charge in [-0.25, -0.2) is 0 Å². The van der Waals surface area contributed by atoms with Crippen molar-refractivity contribution in [2.45, 2.75) is 47.6 Å². The van der Waals surface area contributed by atoms with Crippen LogP contribution in [-0.2, 0) is 13.0 Å². The lowest BCUT2D eigenvalue weighted by molar-refractivity contribution is 1.11. The van der Waals surface area contributed by atoms with Crippen molar-refractivity contribution in [2.24, 2.45) is 0 Å². The SMILES string of the molecule is CC.Cc1cc(CNc2ccc(Cc3ccccc3)cc2)cc(C)c1C. The van der Waals surface area contributed by atoms with Crippen molar-refractivity contribution in [2.75, 3.05) is 5.32 Å². The highest BCUT2D eigenvalue weighted by Crippen LogP contribution is 2.18. The second kappa shape index (κ2) is 9.82. The molecule has 0 amide bonds. The summed E-state index contributed by atoms with van der Waals surface area (Å²) in [6, 6.07) is 23.9. The molecule has 0 spiro atoms. The van der Waals surface area contributed by atoms with Gasteiger partial charge in [0.15, 0.2) is 0 Å². The van der Waals surface area contributed by atoms with E-state index in [1.807, 2.05) is 13.8 Å². The molecule has 0 saturated heterocycles. The van der Waals surface area contributed by atoms with Gasteiger partial charge in [0, 0.05) is 12.2 Å². The summed E-state index contributed by atoms with van der Waals surface area (Å²) in [7, 11) is 0. The summed E-state index contributed by atoms with van der Waals surface area (Å²) in [6.45, 7) is 11.4. The quantitative estimate of drug-likeness (QED) is 0.533. The summed E-state index contributed by atoms with van der Waals surface area (Å²) in [5, 5.41) is 3.53. The molecule has 136 valence electrons. The molecule has 0 atom stereocenters. The monoisotopic (exact) mass is 345 g/mol. The van der Waals surface area contributed by atoms with Gasteiger partial charge in [-0.1, -0.05) is 68.4 Å². The zero-order valence-electron chi connectivity index (χ0n) is 16.8. The number of rotatable bonds is 5. The minimum Gasteiger partial charge on any atom is -0.381 e. The molecule has 0 saturated carbocycles. The van der Waals surface area contributed by atoms with Crippen LogP contribution in [0.1, 0.15) is 47.2 Å². The third-order valence-electron chi connectivity index (χ3n) is 4.69. The Balaban J connectivity index is 0.00000117. The van der Waals surface area contributed by atoms with E-state index < -0.39 is 0 Å². The van der Waals surface area contributed by atoms with E-state index in [0.717, 1.165) is 13.0 Å². The van der Waals surface area contributed by atoms with Crippen LogP contribution in [0.3, 0.4) is 0 Å². The number of benzene rings is 3. The fourth-order valence-electron chi connectivity index (χ4n) is 3.00. The molecule has 3 aromatic carbocycles. The van der Waals surface area contributed by atoms with Crippen molar-refractivity contribution < 1.29 is 0 Å². The molecule has 0 heterocycles. The first kappa shape index (κ1) is 19.8. The molecule has 3 aromatic rings. The molecule has 1 heteroatoms. The molecule has 3 rings (SSSR count). The van der Waals surface area contributed by atoms with Crippen molar-refractivity contribution >= 4 is 5.69 Å². The molecular weight excluding hydrogens is 314 g/mol. The van der Waals surface area contributed by atoms with Crippen molar-refractivity contribution in [3.63, 3.8) is 0 Å². The van der Waals surface area contributed by atoms with Crippen molar-refractivity contribution in [1.82, 2.24) is 0 Å². The number of nitrogens with one attached hydrogen (secondary N) is 1. The molecule has 26 heavy (non-hydrogen) atoms. The average Bonchev–Trinajstić information content (AvgIpc) is 2.68. The summed E-state index contributed by atoms with van der Waals surface area (Å²) < 4.78 is 0. The molecule has 0 unspecified atom stereocenters. The lowest BCUT2D eigenvalue weighted by Crippen LogP contribution is -2.01. The van der Waals surface area contributed by atoms with Crippen LogP contribution >= 0.6 is 0 Å². The highest BCUT2D eigenvalue weighted by molar-refractivity contribution is 5.47. The van der Waals surface area contributed by atoms with Crippen LogP contribution in [0.5, 0.6) is 0 Å². The first-order chi connectivity index (χ1) is 12.6. The minimum absolute atomic E-state index is 0.861. The number of hydrogen-bond acceptors (Lipinski definition) is 1. The van der Waals surface area contributed by atoms with Crippen molar-refractivity contribution in [3.05, 3.63) is 100 Å². The van der Waals surface area contributed by atoms with Crippen molar-refractivity contribution in [3.8, 4) is 0 Å². The summed E-state index contributed by atoms with van der Waals surface area (Å²) in [6.07, 6.45) is 0.984. The van der Waals surface area contributed by atoms with Crippen LogP contribution in [0.25, 0.3) is 0 Å². The van der Waals surface area contributed by atoms with Gasteiger partial charge in [0.05, 0.1) is 0 Å². The number of aryl methyl sites for hydroxylation is 2. The number of hydrogen-bond donors (Lipinski definition) is 1. The zero-order valence-corrected chi connectivity index (χ0v) is 16.8. The predicted molar refractivity (Wildman–Crippen MR) is 115 cm³/mol. The average molecular weight is 346 g/mol. The Bertz CT molecular complexity index is 778. The van der Waals surface area contributed by atoms with E-state index in [1.54, 1.807) is 0 Å². The standard InChI is InChI=1S/C23H25N.C2H6/c1-17-13-22(14-18(2)19(17)3)16-24-23-11-9-21(10-12-23)15-20-7-5-4-6-8-20;1-2/h4-14,24H,15-16H2,1-3H3;1-2H3. The van der Waals surface area contributed by atoms with Gasteiger partial charge < -0.3 is 5.32 Å². The summed E-state index contributed by atoms with van der Waals surface area (Å²) in [4.78, 5) is 0. The molecule has 0 bridgehead atoms. The Morgan fingerprint density at radius 1 is 0.654 bits per heavy atom. The Hall–Kier alpha value is -2.54. The van der Waals surface area contributed by atoms with Gasteiger partial charge in [0.2, 0.25) is 0 Å². The fraction of sp³-hybridized carbons (Fsp3) is 0.280. The van der Waals surface area contributed by atoms with Gasteiger partial charge >= 0.3 is 0 Å². The first-order valence-electron chi connectivity index (χ1n) is 9.55. The lowest BCUT2D eigenvalue weighted by Gasteiger charge is -2.11. The largest absolute Gasteiger partial charge is 0.381 e. The molecular formula is C25H31N. The molecule has 0 aliphatic carbocycles. The Morgan fingerprint density at radius 3 is 1.77 bits per heavy atom. The third-order valence-corrected chi connectivity index (χ3v) is 4.69. The van der Waals surface area contributed by atoms with E-state index in [4.69, 9.17) is 0 Å². The third kappa shape index (κ3) is 5.49. The summed E-state index contributed by atoms with van der Waals surface area (Å²) in [5.74, 6) is 0. The van der Waals surface area contributed by atoms with Gasteiger partial charge in [-0.05, 0) is 72.7 Å². The lowest BCUT2D eigenvalue weighted by atomic mass is 10.0. The van der Waals surface area contributed by atoms with Gasteiger partial charge in [0.1, 0.15) is 0 Å². The van der Waals surface area contributed by atoms with Gasteiger partial charge in [-0.15, -0.1) is 0 Å². The molecule has 0 aliphatic heterocycles. The van der Waals surface area contributed by atoms with E-state index >= 15 is 0 Å². The predicted octanol–water partition coefficient (Wildman–Crippen LogP) is 6.84. The van der Waals surface area contributed by atoms with Crippen LogP contribution in [0, 0.1) is 20.8 Å². The topological polar surface area (TPSA) is 12.0 Å². The van der Waals surface area contributed by atoms with Crippen LogP contribution in [0.4, 0.5) is 5.69 Å². The van der Waals surface area contributed by atoms with Crippen LogP contribution < -0.4 is 5.32 Å². The molecule has 0 radical (unpaired) electrons. The highest BCUT2D eigenvalue weighted by atomic mass is 14.9. The second-order valence-electron chi connectivity index (χ2n) is 6.57. The fourth-order valence-corrected chi connectivity index (χ4v) is 3.00. The highest BCUT2D eigenvalue weighted by Gasteiger charge is 2.02. The molecule has 0 aromatic heterocycles. The van der Waals surface area contributed by atoms with E-state index in [0.29, 0.717) is 0 Å². The molecule has 0 fully saturated rings. The Labute approximate surface area is 159 Å². The molecule has 0 aliphatic rings. The van der Waals surface area contributed by atoms with Gasteiger partial charge in [-0.2, -0.15) is 0 Å². The van der Waals surface area contributed by atoms with Gasteiger partial charge in [-0.3, -0.25) is 0 Å². The first-order valence-corrected chi connectivity index (χ1v) is 9.55. The smallest absolute Gasteiger partial charge is 0.0400 e.